The quantitative estimate of drug-likeness (QED) is 0.493. The molecule has 0 saturated carbocycles. The summed E-state index contributed by atoms with van der Waals surface area (Å²) in [4.78, 5) is 1.75. The molecule has 0 atom stereocenters. The SMILES string of the molecule is CC=C(CO)N(CCO)CCO. The maximum absolute atomic E-state index is 8.88. The van der Waals surface area contributed by atoms with Gasteiger partial charge in [-0.3, -0.25) is 0 Å². The van der Waals surface area contributed by atoms with Gasteiger partial charge in [0.2, 0.25) is 0 Å². The third kappa shape index (κ3) is 3.71. The molecule has 72 valence electrons. The average molecular weight is 175 g/mol. The maximum Gasteiger partial charge on any atom is 0.0826 e. The van der Waals surface area contributed by atoms with Crippen LogP contribution >= 0.6 is 0 Å². The fourth-order valence-corrected chi connectivity index (χ4v) is 1.01. The summed E-state index contributed by atoms with van der Waals surface area (Å²) in [7, 11) is 0. The van der Waals surface area contributed by atoms with E-state index in [1.807, 2.05) is 6.92 Å². The summed E-state index contributed by atoms with van der Waals surface area (Å²) < 4.78 is 0. The Kier molecular flexibility index (Phi) is 6.75. The molecule has 0 fully saturated rings. The van der Waals surface area contributed by atoms with Crippen LogP contribution in [0.25, 0.3) is 0 Å². The van der Waals surface area contributed by atoms with Crippen LogP contribution in [0.3, 0.4) is 0 Å². The molecule has 0 unspecified atom stereocenters. The molecule has 0 saturated heterocycles. The van der Waals surface area contributed by atoms with E-state index in [9.17, 15) is 0 Å². The monoisotopic (exact) mass is 175 g/mol. The van der Waals surface area contributed by atoms with E-state index < -0.39 is 0 Å². The normalized spacial score (nSPS) is 11.8. The zero-order valence-corrected chi connectivity index (χ0v) is 7.40. The van der Waals surface area contributed by atoms with Gasteiger partial charge >= 0.3 is 0 Å². The summed E-state index contributed by atoms with van der Waals surface area (Å²) in [6.07, 6.45) is 1.77. The highest BCUT2D eigenvalue weighted by molar-refractivity contribution is 4.99. The lowest BCUT2D eigenvalue weighted by molar-refractivity contribution is 0.170. The van der Waals surface area contributed by atoms with Crippen molar-refractivity contribution in [3.05, 3.63) is 11.8 Å². The van der Waals surface area contributed by atoms with Crippen LogP contribution in [0.1, 0.15) is 6.92 Å². The topological polar surface area (TPSA) is 63.9 Å². The molecule has 0 aliphatic carbocycles. The Labute approximate surface area is 72.7 Å². The molecule has 0 heterocycles. The van der Waals surface area contributed by atoms with Gasteiger partial charge in [-0.25, -0.2) is 0 Å². The van der Waals surface area contributed by atoms with Gasteiger partial charge in [0.1, 0.15) is 0 Å². The number of hydrogen-bond donors (Lipinski definition) is 3. The number of aliphatic hydroxyl groups excluding tert-OH is 3. The maximum atomic E-state index is 8.88. The van der Waals surface area contributed by atoms with Crippen LogP contribution in [0.15, 0.2) is 11.8 Å². The molecule has 12 heavy (non-hydrogen) atoms. The molecular weight excluding hydrogens is 158 g/mol. The summed E-state index contributed by atoms with van der Waals surface area (Å²) >= 11 is 0. The summed E-state index contributed by atoms with van der Waals surface area (Å²) in [5.74, 6) is 0. The molecule has 0 radical (unpaired) electrons. The summed E-state index contributed by atoms with van der Waals surface area (Å²) in [6.45, 7) is 2.69. The van der Waals surface area contributed by atoms with Crippen LogP contribution in [0.4, 0.5) is 0 Å². The van der Waals surface area contributed by atoms with Crippen molar-refractivity contribution in [2.24, 2.45) is 0 Å². The first-order valence-electron chi connectivity index (χ1n) is 4.02. The molecule has 4 nitrogen and oxygen atoms in total. The number of nitrogens with zero attached hydrogens (tertiary/aromatic N) is 1. The van der Waals surface area contributed by atoms with Crippen molar-refractivity contribution in [2.75, 3.05) is 32.9 Å². The van der Waals surface area contributed by atoms with Crippen LogP contribution in [0, 0.1) is 0 Å². The van der Waals surface area contributed by atoms with Gasteiger partial charge in [0, 0.05) is 18.8 Å². The first-order valence-corrected chi connectivity index (χ1v) is 4.02. The van der Waals surface area contributed by atoms with Crippen molar-refractivity contribution < 1.29 is 15.3 Å². The molecule has 0 spiro atoms. The van der Waals surface area contributed by atoms with Crippen molar-refractivity contribution in [3.8, 4) is 0 Å². The van der Waals surface area contributed by atoms with Crippen LogP contribution < -0.4 is 0 Å². The second-order valence-corrected chi connectivity index (χ2v) is 2.37. The minimum Gasteiger partial charge on any atom is -0.395 e. The van der Waals surface area contributed by atoms with Gasteiger partial charge in [-0.1, -0.05) is 6.08 Å². The first-order chi connectivity index (χ1) is 5.79. The molecular formula is C8H17NO3. The minimum atomic E-state index is -0.0590. The standard InChI is InChI=1S/C8H17NO3/c1-2-8(7-12)9(3-5-10)4-6-11/h2,10-12H,3-7H2,1H3. The smallest absolute Gasteiger partial charge is 0.0826 e. The van der Waals surface area contributed by atoms with Crippen LogP contribution in [-0.2, 0) is 0 Å². The lowest BCUT2D eigenvalue weighted by atomic mass is 10.3. The second-order valence-electron chi connectivity index (χ2n) is 2.37. The number of rotatable bonds is 6. The predicted octanol–water partition coefficient (Wildman–Crippen LogP) is -0.831. The van der Waals surface area contributed by atoms with E-state index in [-0.39, 0.29) is 19.8 Å². The van der Waals surface area contributed by atoms with E-state index >= 15 is 0 Å². The Bertz CT molecular complexity index is 130. The van der Waals surface area contributed by atoms with E-state index in [1.165, 1.54) is 0 Å². The Morgan fingerprint density at radius 2 is 1.67 bits per heavy atom. The predicted molar refractivity (Wildman–Crippen MR) is 46.6 cm³/mol. The molecule has 0 rings (SSSR count). The average Bonchev–Trinajstić information content (AvgIpc) is 2.07. The van der Waals surface area contributed by atoms with E-state index in [0.29, 0.717) is 13.1 Å². The van der Waals surface area contributed by atoms with Crippen LogP contribution in [0.5, 0.6) is 0 Å². The Balaban J connectivity index is 4.06. The zero-order chi connectivity index (χ0) is 9.40. The fourth-order valence-electron chi connectivity index (χ4n) is 1.01. The highest BCUT2D eigenvalue weighted by Gasteiger charge is 2.05. The lowest BCUT2D eigenvalue weighted by Crippen LogP contribution is -2.30. The first kappa shape index (κ1) is 11.4. The number of allylic oxidation sites excluding steroid dienone is 1. The van der Waals surface area contributed by atoms with Gasteiger partial charge in [-0.05, 0) is 6.92 Å². The van der Waals surface area contributed by atoms with E-state index in [0.717, 1.165) is 5.70 Å². The Morgan fingerprint density at radius 3 is 1.92 bits per heavy atom. The Hall–Kier alpha value is -0.580. The highest BCUT2D eigenvalue weighted by Crippen LogP contribution is 2.01. The number of hydrogen-bond acceptors (Lipinski definition) is 4. The fraction of sp³-hybridized carbons (Fsp3) is 0.750. The molecule has 0 amide bonds. The number of aliphatic hydroxyl groups is 3. The lowest BCUT2D eigenvalue weighted by Gasteiger charge is -2.24. The summed E-state index contributed by atoms with van der Waals surface area (Å²) in [6, 6.07) is 0. The highest BCUT2D eigenvalue weighted by atomic mass is 16.3. The van der Waals surface area contributed by atoms with Gasteiger partial charge in [-0.2, -0.15) is 0 Å². The molecule has 0 aromatic carbocycles. The molecule has 0 aromatic rings. The zero-order valence-electron chi connectivity index (χ0n) is 7.40. The van der Waals surface area contributed by atoms with Gasteiger partial charge < -0.3 is 20.2 Å². The van der Waals surface area contributed by atoms with E-state index in [2.05, 4.69) is 0 Å². The van der Waals surface area contributed by atoms with Gasteiger partial charge in [0.05, 0.1) is 19.8 Å². The summed E-state index contributed by atoms with van der Waals surface area (Å²) in [5.41, 5.74) is 0.734. The third-order valence-corrected chi connectivity index (χ3v) is 1.64. The molecule has 0 aliphatic rings. The molecule has 0 aliphatic heterocycles. The van der Waals surface area contributed by atoms with E-state index in [1.54, 1.807) is 11.0 Å². The van der Waals surface area contributed by atoms with E-state index in [4.69, 9.17) is 15.3 Å². The molecule has 3 N–H and O–H groups in total. The Morgan fingerprint density at radius 1 is 1.17 bits per heavy atom. The summed E-state index contributed by atoms with van der Waals surface area (Å²) in [5, 5.41) is 26.2. The largest absolute Gasteiger partial charge is 0.395 e. The van der Waals surface area contributed by atoms with Gasteiger partial charge in [0.15, 0.2) is 0 Å². The van der Waals surface area contributed by atoms with Crippen molar-refractivity contribution in [1.82, 2.24) is 4.90 Å². The molecule has 0 bridgehead atoms. The van der Waals surface area contributed by atoms with Gasteiger partial charge in [0.25, 0.3) is 0 Å². The molecule has 0 aromatic heterocycles. The van der Waals surface area contributed by atoms with Crippen molar-refractivity contribution in [2.45, 2.75) is 6.92 Å². The molecule has 4 heteroatoms. The minimum absolute atomic E-state index is 0.0251. The van der Waals surface area contributed by atoms with Crippen molar-refractivity contribution in [1.29, 1.82) is 0 Å². The third-order valence-electron chi connectivity index (χ3n) is 1.64. The van der Waals surface area contributed by atoms with Crippen molar-refractivity contribution in [3.63, 3.8) is 0 Å². The van der Waals surface area contributed by atoms with Crippen molar-refractivity contribution >= 4 is 0 Å². The van der Waals surface area contributed by atoms with Gasteiger partial charge in [-0.15, -0.1) is 0 Å². The van der Waals surface area contributed by atoms with Crippen LogP contribution in [-0.4, -0.2) is 53.1 Å². The second kappa shape index (κ2) is 7.09. The van der Waals surface area contributed by atoms with Crippen LogP contribution in [0.2, 0.25) is 0 Å².